The minimum Gasteiger partial charge on any atom is -0.330 e. The van der Waals surface area contributed by atoms with Crippen LogP contribution >= 0.6 is 15.9 Å². The third-order valence-corrected chi connectivity index (χ3v) is 4.38. The van der Waals surface area contributed by atoms with Crippen LogP contribution in [0.1, 0.15) is 23.7 Å². The summed E-state index contributed by atoms with van der Waals surface area (Å²) in [5.41, 5.74) is 7.90. The van der Waals surface area contributed by atoms with Crippen LogP contribution in [-0.4, -0.2) is 18.1 Å². The number of rotatable bonds is 6. The summed E-state index contributed by atoms with van der Waals surface area (Å²) in [4.78, 5) is 4.60. The van der Waals surface area contributed by atoms with Crippen molar-refractivity contribution in [3.05, 3.63) is 76.5 Å². The lowest BCUT2D eigenvalue weighted by Gasteiger charge is -2.20. The van der Waals surface area contributed by atoms with Gasteiger partial charge >= 0.3 is 0 Å². The van der Waals surface area contributed by atoms with Crippen LogP contribution in [0.15, 0.2) is 65.3 Å². The maximum atomic E-state index is 5.64. The van der Waals surface area contributed by atoms with E-state index in [4.69, 9.17) is 5.73 Å². The minimum atomic E-state index is 0.0562. The van der Waals surface area contributed by atoms with Gasteiger partial charge in [0.05, 0.1) is 11.7 Å². The Hall–Kier alpha value is -1.75. The van der Waals surface area contributed by atoms with Gasteiger partial charge in [-0.25, -0.2) is 0 Å². The number of fused-ring (bicyclic) bond motifs is 1. The van der Waals surface area contributed by atoms with Crippen LogP contribution in [0.5, 0.6) is 0 Å². The number of pyridine rings is 1. The van der Waals surface area contributed by atoms with Crippen LogP contribution in [-0.2, 0) is 0 Å². The molecule has 3 aromatic rings. The second kappa shape index (κ2) is 7.68. The Morgan fingerprint density at radius 1 is 1.04 bits per heavy atom. The molecular formula is C19H20BrN3. The quantitative estimate of drug-likeness (QED) is 0.645. The molecule has 0 aliphatic heterocycles. The molecule has 1 heterocycles. The van der Waals surface area contributed by atoms with E-state index in [-0.39, 0.29) is 6.04 Å². The summed E-state index contributed by atoms with van der Waals surface area (Å²) in [6, 6.07) is 19.0. The number of hydrogen-bond donors (Lipinski definition) is 2. The molecule has 1 unspecified atom stereocenters. The highest BCUT2D eigenvalue weighted by molar-refractivity contribution is 9.10. The number of hydrogen-bond acceptors (Lipinski definition) is 3. The SMILES string of the molecule is NCCCNC(c1ccc(Br)cn1)c1cccc2ccccc12. The average molecular weight is 370 g/mol. The Morgan fingerprint density at radius 3 is 2.65 bits per heavy atom. The van der Waals surface area contributed by atoms with Crippen molar-refractivity contribution in [1.29, 1.82) is 0 Å². The molecule has 0 radical (unpaired) electrons. The number of nitrogens with two attached hydrogens (primary N) is 1. The Balaban J connectivity index is 2.04. The van der Waals surface area contributed by atoms with Crippen LogP contribution in [0.4, 0.5) is 0 Å². The van der Waals surface area contributed by atoms with Gasteiger partial charge in [-0.15, -0.1) is 0 Å². The van der Waals surface area contributed by atoms with Crippen molar-refractivity contribution in [2.45, 2.75) is 12.5 Å². The first kappa shape index (κ1) is 16.1. The zero-order chi connectivity index (χ0) is 16.1. The molecule has 0 saturated heterocycles. The normalized spacial score (nSPS) is 12.4. The molecule has 0 aliphatic rings. The highest BCUT2D eigenvalue weighted by atomic mass is 79.9. The number of halogens is 1. The summed E-state index contributed by atoms with van der Waals surface area (Å²) < 4.78 is 0.986. The predicted octanol–water partition coefficient (Wildman–Crippen LogP) is 4.03. The van der Waals surface area contributed by atoms with Crippen molar-refractivity contribution in [3.63, 3.8) is 0 Å². The summed E-state index contributed by atoms with van der Waals surface area (Å²) in [5, 5.41) is 6.10. The number of aromatic nitrogens is 1. The summed E-state index contributed by atoms with van der Waals surface area (Å²) in [7, 11) is 0. The van der Waals surface area contributed by atoms with Gasteiger partial charge in [0, 0.05) is 10.7 Å². The van der Waals surface area contributed by atoms with Crippen LogP contribution in [0.2, 0.25) is 0 Å². The molecule has 118 valence electrons. The molecule has 3 rings (SSSR count). The summed E-state index contributed by atoms with van der Waals surface area (Å²) in [6.45, 7) is 1.55. The fraction of sp³-hybridized carbons (Fsp3) is 0.211. The van der Waals surface area contributed by atoms with E-state index in [1.54, 1.807) is 0 Å². The lowest BCUT2D eigenvalue weighted by atomic mass is 9.96. The van der Waals surface area contributed by atoms with Gasteiger partial charge in [0.1, 0.15) is 0 Å². The van der Waals surface area contributed by atoms with E-state index in [2.05, 4.69) is 74.8 Å². The van der Waals surface area contributed by atoms with Gasteiger partial charge < -0.3 is 11.1 Å². The molecule has 0 fully saturated rings. The van der Waals surface area contributed by atoms with Crippen LogP contribution < -0.4 is 11.1 Å². The molecular weight excluding hydrogens is 350 g/mol. The van der Waals surface area contributed by atoms with Gasteiger partial charge in [-0.3, -0.25) is 4.98 Å². The van der Waals surface area contributed by atoms with Gasteiger partial charge in [-0.2, -0.15) is 0 Å². The molecule has 1 atom stereocenters. The van der Waals surface area contributed by atoms with Gasteiger partial charge in [-0.05, 0) is 63.9 Å². The van der Waals surface area contributed by atoms with Crippen molar-refractivity contribution in [2.24, 2.45) is 5.73 Å². The third kappa shape index (κ3) is 3.78. The molecule has 23 heavy (non-hydrogen) atoms. The average Bonchev–Trinajstić information content (AvgIpc) is 2.60. The van der Waals surface area contributed by atoms with Gasteiger partial charge in [0.15, 0.2) is 0 Å². The molecule has 0 bridgehead atoms. The van der Waals surface area contributed by atoms with Crippen molar-refractivity contribution in [2.75, 3.05) is 13.1 Å². The van der Waals surface area contributed by atoms with E-state index >= 15 is 0 Å². The number of nitrogens with one attached hydrogen (secondary N) is 1. The molecule has 4 heteroatoms. The Morgan fingerprint density at radius 2 is 1.87 bits per heavy atom. The summed E-state index contributed by atoms with van der Waals surface area (Å²) >= 11 is 3.46. The highest BCUT2D eigenvalue weighted by Crippen LogP contribution is 2.28. The molecule has 2 aromatic carbocycles. The third-order valence-electron chi connectivity index (χ3n) is 3.91. The fourth-order valence-corrected chi connectivity index (χ4v) is 3.02. The lowest BCUT2D eigenvalue weighted by molar-refractivity contribution is 0.579. The largest absolute Gasteiger partial charge is 0.330 e. The maximum absolute atomic E-state index is 5.64. The van der Waals surface area contributed by atoms with Crippen LogP contribution in [0.3, 0.4) is 0 Å². The van der Waals surface area contributed by atoms with Crippen molar-refractivity contribution < 1.29 is 0 Å². The second-order valence-corrected chi connectivity index (χ2v) is 6.41. The van der Waals surface area contributed by atoms with E-state index in [0.29, 0.717) is 6.54 Å². The first-order valence-corrected chi connectivity index (χ1v) is 8.61. The second-order valence-electron chi connectivity index (χ2n) is 5.50. The Kier molecular flexibility index (Phi) is 5.39. The van der Waals surface area contributed by atoms with E-state index in [9.17, 15) is 0 Å². The van der Waals surface area contributed by atoms with Crippen LogP contribution in [0.25, 0.3) is 10.8 Å². The van der Waals surface area contributed by atoms with E-state index in [0.717, 1.165) is 23.1 Å². The number of benzene rings is 2. The van der Waals surface area contributed by atoms with Crippen LogP contribution in [0, 0.1) is 0 Å². The van der Waals surface area contributed by atoms with E-state index in [1.165, 1.54) is 16.3 Å². The lowest BCUT2D eigenvalue weighted by Crippen LogP contribution is -2.26. The Bertz CT molecular complexity index is 766. The smallest absolute Gasteiger partial charge is 0.0757 e. The summed E-state index contributed by atoms with van der Waals surface area (Å²) in [6.07, 6.45) is 2.79. The van der Waals surface area contributed by atoms with Crippen molar-refractivity contribution >= 4 is 26.7 Å². The maximum Gasteiger partial charge on any atom is 0.0757 e. The molecule has 0 saturated carbocycles. The molecule has 0 spiro atoms. The Labute approximate surface area is 145 Å². The van der Waals surface area contributed by atoms with Crippen molar-refractivity contribution in [1.82, 2.24) is 10.3 Å². The highest BCUT2D eigenvalue weighted by Gasteiger charge is 2.17. The van der Waals surface area contributed by atoms with Gasteiger partial charge in [-0.1, -0.05) is 42.5 Å². The zero-order valence-corrected chi connectivity index (χ0v) is 14.5. The first-order chi connectivity index (χ1) is 11.3. The van der Waals surface area contributed by atoms with Crippen molar-refractivity contribution in [3.8, 4) is 0 Å². The monoisotopic (exact) mass is 369 g/mol. The minimum absolute atomic E-state index is 0.0562. The zero-order valence-electron chi connectivity index (χ0n) is 12.9. The van der Waals surface area contributed by atoms with E-state index < -0.39 is 0 Å². The summed E-state index contributed by atoms with van der Waals surface area (Å²) in [5.74, 6) is 0. The van der Waals surface area contributed by atoms with Gasteiger partial charge in [0.2, 0.25) is 0 Å². The first-order valence-electron chi connectivity index (χ1n) is 7.82. The predicted molar refractivity (Wildman–Crippen MR) is 99.4 cm³/mol. The van der Waals surface area contributed by atoms with E-state index in [1.807, 2.05) is 12.3 Å². The molecule has 3 nitrogen and oxygen atoms in total. The molecule has 3 N–H and O–H groups in total. The number of nitrogens with zero attached hydrogens (tertiary/aromatic N) is 1. The topological polar surface area (TPSA) is 50.9 Å². The molecule has 0 aliphatic carbocycles. The molecule has 1 aromatic heterocycles. The fourth-order valence-electron chi connectivity index (χ4n) is 2.78. The standard InChI is InChI=1S/C19H20BrN3/c20-15-9-10-18(23-13-15)19(22-12-4-11-21)17-8-3-6-14-5-1-2-7-16(14)17/h1-3,5-10,13,19,22H,4,11-12,21H2. The molecule has 0 amide bonds. The van der Waals surface area contributed by atoms with Gasteiger partial charge in [0.25, 0.3) is 0 Å².